The highest BCUT2D eigenvalue weighted by molar-refractivity contribution is 8.00. The van der Waals surface area contributed by atoms with Gasteiger partial charge in [0.05, 0.1) is 153 Å². The molecule has 0 saturated carbocycles. The first kappa shape index (κ1) is 115. The van der Waals surface area contributed by atoms with E-state index in [9.17, 15) is 58.8 Å². The summed E-state index contributed by atoms with van der Waals surface area (Å²) in [5, 5.41) is 88.0. The van der Waals surface area contributed by atoms with Gasteiger partial charge in [-0.25, -0.2) is 9.59 Å². The first-order valence-corrected chi connectivity index (χ1v) is 46.3. The molecule has 0 spiro atoms. The number of esters is 4. The molecule has 16 atom stereocenters. The van der Waals surface area contributed by atoms with Crippen LogP contribution in [0.5, 0.6) is 0 Å². The lowest BCUT2D eigenvalue weighted by Gasteiger charge is -2.19. The van der Waals surface area contributed by atoms with E-state index < -0.39 is 74.3 Å². The molecule has 0 aliphatic carbocycles. The maximum Gasteiger partial charge on any atom is 0.368 e. The maximum atomic E-state index is 12.4. The smallest absolute Gasteiger partial charge is 0.368 e. The normalized spacial score (nSPS) is 22.4. The summed E-state index contributed by atoms with van der Waals surface area (Å²) < 4.78 is 86.4. The number of likely N-dealkylation sites (N-methyl/N-ethyl adjacent to an activating group) is 1. The van der Waals surface area contributed by atoms with Crippen LogP contribution in [0.4, 0.5) is 0 Å². The zero-order chi connectivity index (χ0) is 91.5. The zero-order valence-corrected chi connectivity index (χ0v) is 76.9. The molecule has 6 fully saturated rings. The highest BCUT2D eigenvalue weighted by atomic mass is 32.2. The summed E-state index contributed by atoms with van der Waals surface area (Å²) in [4.78, 5) is 96.4. The molecule has 6 heterocycles. The Morgan fingerprint density at radius 3 is 1.24 bits per heavy atom. The van der Waals surface area contributed by atoms with E-state index in [0.717, 1.165) is 115 Å². The second-order valence-corrected chi connectivity index (χ2v) is 33.4. The van der Waals surface area contributed by atoms with Crippen LogP contribution in [0.3, 0.4) is 0 Å². The van der Waals surface area contributed by atoms with E-state index in [2.05, 4.69) is 76.9 Å². The number of nitrogens with one attached hydrogen (secondary N) is 10. The highest BCUT2D eigenvalue weighted by Crippen LogP contribution is 2.36. The molecule has 6 saturated heterocycles. The third-order valence-electron chi connectivity index (χ3n) is 19.8. The molecule has 125 heavy (non-hydrogen) atoms. The molecule has 46 heteroatoms. The van der Waals surface area contributed by atoms with E-state index in [-0.39, 0.29) is 69.9 Å². The lowest BCUT2D eigenvalue weighted by molar-refractivity contribution is -0.168. The van der Waals surface area contributed by atoms with Crippen molar-refractivity contribution in [3.8, 4) is 0 Å². The summed E-state index contributed by atoms with van der Waals surface area (Å²) in [6, 6.07) is 0.975. The predicted octanol–water partition coefficient (Wildman–Crippen LogP) is -4.03. The van der Waals surface area contributed by atoms with Crippen LogP contribution in [-0.2, 0) is 119 Å². The lowest BCUT2D eigenvalue weighted by atomic mass is 10.0. The molecule has 0 radical (unpaired) electrons. The van der Waals surface area contributed by atoms with Crippen LogP contribution >= 0.6 is 35.3 Å². The Labute approximate surface area is 749 Å². The van der Waals surface area contributed by atoms with Gasteiger partial charge in [-0.3, -0.25) is 66.0 Å². The predicted molar refractivity (Wildman–Crippen MR) is 462 cm³/mol. The minimum absolute atomic E-state index is 0.0292. The van der Waals surface area contributed by atoms with Gasteiger partial charge in [0.25, 0.3) is 6.23 Å². The summed E-state index contributed by atoms with van der Waals surface area (Å²) >= 11 is 5.82. The van der Waals surface area contributed by atoms with Gasteiger partial charge < -0.3 is 137 Å². The van der Waals surface area contributed by atoms with Gasteiger partial charge in [-0.2, -0.15) is 35.3 Å². The SMILES string of the molecule is CNCCOCCOCCOCC(=O)OC.COC(=O)C(CO)NC(O)COCCOCCOCCCN(C)C(=O)CCCCC1SCC2NC(O)NC21.COC(=O)C(NC(=O)COCCOCCOCCCN(C)C(=O)CCCCC1SCC2NC(O)NC21)OC(C)=O.COC(O)COCCOCCOCCCNC(=O)CCCCC1SCC2NC(O)NC21. The second kappa shape index (κ2) is 74.3. The third kappa shape index (κ3) is 55.6. The Morgan fingerprint density at radius 2 is 0.832 bits per heavy atom. The monoisotopic (exact) mass is 1860 g/mol. The number of rotatable bonds is 70. The molecule has 0 aromatic rings. The van der Waals surface area contributed by atoms with E-state index in [1.165, 1.54) is 21.3 Å². The molecule has 16 N–H and O–H groups in total. The minimum atomic E-state index is -1.52. The van der Waals surface area contributed by atoms with Crippen molar-refractivity contribution in [2.24, 2.45) is 0 Å². The number of hydrogen-bond donors (Lipinski definition) is 16. The van der Waals surface area contributed by atoms with Crippen LogP contribution in [0.2, 0.25) is 0 Å². The summed E-state index contributed by atoms with van der Waals surface area (Å²) in [6.07, 6.45) is 7.34. The van der Waals surface area contributed by atoms with Crippen molar-refractivity contribution >= 4 is 82.8 Å². The number of carbonyl (C=O) groups is 8. The van der Waals surface area contributed by atoms with E-state index in [1.54, 1.807) is 9.80 Å². The van der Waals surface area contributed by atoms with Crippen molar-refractivity contribution in [1.82, 2.24) is 63.0 Å². The molecule has 43 nitrogen and oxygen atoms in total. The number of hydrogen-bond acceptors (Lipinski definition) is 42. The van der Waals surface area contributed by atoms with Crippen molar-refractivity contribution in [1.29, 1.82) is 0 Å². The molecule has 0 bridgehead atoms. The standard InChI is InChI=1S/C25H44N4O10S.C24H46N4O9S.C20H39N3O7S.C10H21NO5/c1-17(30)39-23(24(33)35-3)27-20(31)15-38-14-13-37-12-11-36-10-6-9-29(2)21(32)8-5-4-7-19-22-18(16-40-19)26-25(34)28-22;1-28(21(31)7-4-3-6-19-22-18(16-38-19)26-24(33)27-22)8-5-9-35-10-11-36-12-13-37-15-20(30)25-17(14-29)23(32)34-2;1-27-18(25)13-30-12-11-29-10-9-28-8-4-7-21-17(24)6-3-2-5-16-19-15(14-31-16)22-20(26)23-19;1-11-3-4-14-5-6-15-7-8-16-9-10(12)13-2/h18-19,22-23,25-26,28,34H,4-16H2,1-3H3,(H,27,31);17-20,22,24-27,29-30,33H,3-16H2,1-2H3;15-16,18-20,22-23,25-26H,2-14H2,1H3,(H,21,24);11H,3-9H2,1-2H3. The average Bonchev–Trinajstić information content (AvgIpc) is 1.68. The molecule has 4 amide bonds. The summed E-state index contributed by atoms with van der Waals surface area (Å²) in [5.41, 5.74) is 0. The number of ether oxygens (including phenoxy) is 17. The van der Waals surface area contributed by atoms with E-state index in [4.69, 9.17) is 67.1 Å². The quantitative estimate of drug-likeness (QED) is 0.0119. The van der Waals surface area contributed by atoms with Crippen LogP contribution in [-0.4, -0.2) is 442 Å². The van der Waals surface area contributed by atoms with Crippen molar-refractivity contribution < 1.29 is 150 Å². The van der Waals surface area contributed by atoms with Gasteiger partial charge in [0, 0.05) is 163 Å². The number of carbonyl (C=O) groups excluding carboxylic acids is 8. The van der Waals surface area contributed by atoms with Gasteiger partial charge in [0.2, 0.25) is 23.6 Å². The molecule has 730 valence electrons. The molecular formula is C79H150N12O31S3. The van der Waals surface area contributed by atoms with Gasteiger partial charge in [-0.1, -0.05) is 19.3 Å². The van der Waals surface area contributed by atoms with Gasteiger partial charge >= 0.3 is 23.9 Å². The summed E-state index contributed by atoms with van der Waals surface area (Å²) in [5.74, 6) is 0.0878. The Bertz CT molecular complexity index is 2820. The first-order chi connectivity index (χ1) is 60.5. The maximum absolute atomic E-state index is 12.4. The van der Waals surface area contributed by atoms with E-state index in [1.807, 2.05) is 56.4 Å². The van der Waals surface area contributed by atoms with Crippen LogP contribution < -0.4 is 53.2 Å². The highest BCUT2D eigenvalue weighted by Gasteiger charge is 2.45. The topological polar surface area (TPSA) is 542 Å². The largest absolute Gasteiger partial charge is 0.468 e. The van der Waals surface area contributed by atoms with Gasteiger partial charge in [0.1, 0.15) is 25.5 Å². The summed E-state index contributed by atoms with van der Waals surface area (Å²) in [6.45, 7) is 11.6. The molecule has 0 aromatic heterocycles. The fraction of sp³-hybridized carbons (Fsp3) is 0.899. The number of aliphatic hydroxyl groups is 6. The van der Waals surface area contributed by atoms with E-state index >= 15 is 0 Å². The molecule has 16 unspecified atom stereocenters. The van der Waals surface area contributed by atoms with Crippen molar-refractivity contribution in [2.75, 3.05) is 258 Å². The Morgan fingerprint density at radius 1 is 0.440 bits per heavy atom. The van der Waals surface area contributed by atoms with Crippen LogP contribution in [0.1, 0.15) is 103 Å². The Balaban J connectivity index is 0.000000447. The summed E-state index contributed by atoms with van der Waals surface area (Å²) in [7, 11) is 10.6. The Hall–Kier alpha value is -4.27. The second-order valence-electron chi connectivity index (χ2n) is 29.5. The number of fused-ring (bicyclic) bond motifs is 3. The number of thioether (sulfide) groups is 3. The number of unbranched alkanes of at least 4 members (excludes halogenated alkanes) is 3. The lowest BCUT2D eigenvalue weighted by Crippen LogP contribution is -2.48. The van der Waals surface area contributed by atoms with Crippen molar-refractivity contribution in [3.05, 3.63) is 0 Å². The zero-order valence-electron chi connectivity index (χ0n) is 74.5. The minimum Gasteiger partial charge on any atom is -0.468 e. The molecule has 0 aromatic carbocycles. The molecular weight excluding hydrogens is 1710 g/mol. The number of nitrogens with zero attached hydrogens (tertiary/aromatic N) is 2. The third-order valence-corrected chi connectivity index (χ3v) is 24.3. The fourth-order valence-electron chi connectivity index (χ4n) is 13.1. The van der Waals surface area contributed by atoms with Gasteiger partial charge in [0.15, 0.2) is 25.3 Å². The van der Waals surface area contributed by atoms with Crippen LogP contribution in [0, 0.1) is 0 Å². The molecule has 6 aliphatic heterocycles. The van der Waals surface area contributed by atoms with Gasteiger partial charge in [-0.05, 0) is 64.8 Å². The first-order valence-electron chi connectivity index (χ1n) is 43.2. The number of amides is 4. The number of methoxy groups -OCH3 is 4. The van der Waals surface area contributed by atoms with Crippen molar-refractivity contribution in [2.45, 2.75) is 199 Å². The van der Waals surface area contributed by atoms with Crippen LogP contribution in [0.25, 0.3) is 0 Å². The average molecular weight is 1860 g/mol. The van der Waals surface area contributed by atoms with E-state index in [0.29, 0.717) is 203 Å². The molecule has 6 aliphatic rings. The van der Waals surface area contributed by atoms with Gasteiger partial charge in [-0.15, -0.1) is 0 Å². The molecule has 6 rings (SSSR count). The Kier molecular flexibility index (Phi) is 68.3. The van der Waals surface area contributed by atoms with Crippen molar-refractivity contribution in [3.63, 3.8) is 0 Å². The number of aliphatic hydroxyl groups excluding tert-OH is 6. The fourth-order valence-corrected chi connectivity index (χ4v) is 17.8. The van der Waals surface area contributed by atoms with Crippen LogP contribution in [0.15, 0.2) is 0 Å².